The Hall–Kier alpha value is -3.33. The maximum atomic E-state index is 15.6. The number of β-amino-alcohol motifs (C(OH)–C–C–N with tert-alkyl or cyclic N) is 1. The Morgan fingerprint density at radius 2 is 1.77 bits per heavy atom. The van der Waals surface area contributed by atoms with E-state index < -0.39 is 11.9 Å². The lowest BCUT2D eigenvalue weighted by molar-refractivity contribution is 0.0966. The van der Waals surface area contributed by atoms with Gasteiger partial charge in [-0.05, 0) is 50.8 Å². The summed E-state index contributed by atoms with van der Waals surface area (Å²) in [4.78, 5) is 17.5. The van der Waals surface area contributed by atoms with Crippen molar-refractivity contribution >= 4 is 17.3 Å². The van der Waals surface area contributed by atoms with Crippen LogP contribution in [0.3, 0.4) is 0 Å². The number of carbonyl (C=O) groups is 1. The summed E-state index contributed by atoms with van der Waals surface area (Å²) in [6.07, 6.45) is 3.77. The highest BCUT2D eigenvalue weighted by atomic mass is 19.1. The predicted octanol–water partition coefficient (Wildman–Crippen LogP) is 6.79. The lowest BCUT2D eigenvalue weighted by Crippen LogP contribution is -2.36. The Kier molecular flexibility index (Phi) is 13.3. The van der Waals surface area contributed by atoms with Crippen molar-refractivity contribution in [2.24, 2.45) is 5.92 Å². The normalized spacial score (nSPS) is 23.6. The molecule has 2 heterocycles. The number of Topliss-reactive ketones (excluding diaryl/α,β-unsaturated/α-hetero) is 1. The fraction of sp³-hybridized carbons (Fsp3) is 0.588. The lowest BCUT2D eigenvalue weighted by atomic mass is 9.84. The first kappa shape index (κ1) is 35.9. The van der Waals surface area contributed by atoms with Crippen LogP contribution in [0.25, 0.3) is 0 Å². The third-order valence-electron chi connectivity index (χ3n) is 7.62. The fourth-order valence-corrected chi connectivity index (χ4v) is 5.26. The van der Waals surface area contributed by atoms with Gasteiger partial charge in [0, 0.05) is 42.3 Å². The van der Waals surface area contributed by atoms with Crippen molar-refractivity contribution < 1.29 is 28.5 Å². The van der Waals surface area contributed by atoms with Crippen molar-refractivity contribution in [2.45, 2.75) is 80.3 Å². The van der Waals surface area contributed by atoms with Gasteiger partial charge in [0.15, 0.2) is 23.1 Å². The minimum Gasteiger partial charge on any atom is -0.494 e. The van der Waals surface area contributed by atoms with Crippen LogP contribution in [0.4, 0.5) is 10.1 Å². The van der Waals surface area contributed by atoms with E-state index in [-0.39, 0.29) is 59.7 Å². The maximum absolute atomic E-state index is 15.6. The van der Waals surface area contributed by atoms with Gasteiger partial charge in [0.05, 0.1) is 38.7 Å². The predicted molar refractivity (Wildman–Crippen MR) is 172 cm³/mol. The number of hydrogen-bond acceptors (Lipinski definition) is 7. The number of halogens is 1. The summed E-state index contributed by atoms with van der Waals surface area (Å²) < 4.78 is 32.7. The molecule has 2 N–H and O–H groups in total. The number of anilines is 1. The van der Waals surface area contributed by atoms with Gasteiger partial charge >= 0.3 is 0 Å². The number of nitrogens with zero attached hydrogens (tertiary/aromatic N) is 2. The average molecular weight is 602 g/mol. The van der Waals surface area contributed by atoms with Crippen LogP contribution >= 0.6 is 0 Å². The fourth-order valence-electron chi connectivity index (χ4n) is 5.26. The molecule has 0 aromatic heterocycles. The van der Waals surface area contributed by atoms with E-state index in [0.717, 1.165) is 17.7 Å². The number of aliphatic hydroxyl groups excluding tert-OH is 1. The number of hydrogen-bond donors (Lipinski definition) is 2. The standard InChI is InChI=1S/C32H46FN3O5.C2H6/c1-9-21-17-36(19-25(21)37)24-16-22(15-23(29(24)39-8)32(5,6)7)26(38)18-35-14-12-13-27(40-10-2)30(41-11-3)28(33)20(4)31(35)34;1-2/h12-13,15-16,21,25,34,37H,9-11,14,17-19H2,1-8H3;1-2H3/b13-12+,28-20-,30-27-,34-31?;/t21-,25?;/m0./s1. The Labute approximate surface area is 257 Å². The third kappa shape index (κ3) is 8.40. The summed E-state index contributed by atoms with van der Waals surface area (Å²) in [5.74, 6) is 0.0255. The van der Waals surface area contributed by atoms with E-state index in [1.165, 1.54) is 6.92 Å². The van der Waals surface area contributed by atoms with E-state index in [9.17, 15) is 9.90 Å². The lowest BCUT2D eigenvalue weighted by Gasteiger charge is -2.29. The van der Waals surface area contributed by atoms with Gasteiger partial charge in [0.2, 0.25) is 0 Å². The molecule has 0 spiro atoms. The molecule has 2 aliphatic rings. The molecule has 0 radical (unpaired) electrons. The average Bonchev–Trinajstić information content (AvgIpc) is 3.38. The highest BCUT2D eigenvalue weighted by Crippen LogP contribution is 2.42. The van der Waals surface area contributed by atoms with Gasteiger partial charge in [0.1, 0.15) is 11.6 Å². The summed E-state index contributed by atoms with van der Waals surface area (Å²) in [5.41, 5.74) is 1.86. The highest BCUT2D eigenvalue weighted by molar-refractivity contribution is 6.04. The van der Waals surface area contributed by atoms with E-state index in [1.54, 1.807) is 38.0 Å². The van der Waals surface area contributed by atoms with Crippen LogP contribution in [0.15, 0.2) is 47.2 Å². The number of rotatable bonds is 10. The third-order valence-corrected chi connectivity index (χ3v) is 7.62. The highest BCUT2D eigenvalue weighted by Gasteiger charge is 2.34. The zero-order chi connectivity index (χ0) is 32.5. The van der Waals surface area contributed by atoms with Gasteiger partial charge in [-0.1, -0.05) is 47.6 Å². The van der Waals surface area contributed by atoms with Crippen molar-refractivity contribution in [3.8, 4) is 5.75 Å². The van der Waals surface area contributed by atoms with Gasteiger partial charge in [-0.15, -0.1) is 0 Å². The molecule has 240 valence electrons. The minimum absolute atomic E-state index is 0.0474. The molecule has 1 saturated heterocycles. The molecular formula is C34H52FN3O5. The van der Waals surface area contributed by atoms with Gasteiger partial charge in [-0.2, -0.15) is 0 Å². The zero-order valence-electron chi connectivity index (χ0n) is 27.8. The van der Waals surface area contributed by atoms with Gasteiger partial charge in [-0.25, -0.2) is 4.39 Å². The van der Waals surface area contributed by atoms with Crippen molar-refractivity contribution in [3.63, 3.8) is 0 Å². The van der Waals surface area contributed by atoms with Gasteiger partial charge < -0.3 is 29.1 Å². The number of ether oxygens (including phenoxy) is 3. The van der Waals surface area contributed by atoms with E-state index in [2.05, 4.69) is 32.6 Å². The molecule has 1 fully saturated rings. The second-order valence-electron chi connectivity index (χ2n) is 11.5. The number of benzene rings is 1. The molecule has 8 nitrogen and oxygen atoms in total. The van der Waals surface area contributed by atoms with Crippen LogP contribution < -0.4 is 9.64 Å². The number of aliphatic hydroxyl groups is 1. The van der Waals surface area contributed by atoms with Crippen LogP contribution in [0.5, 0.6) is 5.75 Å². The molecule has 0 aliphatic carbocycles. The van der Waals surface area contributed by atoms with Crippen LogP contribution in [0.2, 0.25) is 0 Å². The molecule has 43 heavy (non-hydrogen) atoms. The minimum atomic E-state index is -0.691. The molecule has 0 saturated carbocycles. The van der Waals surface area contributed by atoms with E-state index in [0.29, 0.717) is 31.0 Å². The largest absolute Gasteiger partial charge is 0.494 e. The molecule has 1 aromatic carbocycles. The Bertz CT molecular complexity index is 1230. The Morgan fingerprint density at radius 1 is 1.12 bits per heavy atom. The quantitative estimate of drug-likeness (QED) is 0.285. The number of amidine groups is 1. The summed E-state index contributed by atoms with van der Waals surface area (Å²) in [5, 5.41) is 19.4. The summed E-state index contributed by atoms with van der Waals surface area (Å²) >= 11 is 0. The Morgan fingerprint density at radius 3 is 2.30 bits per heavy atom. The first-order valence-electron chi connectivity index (χ1n) is 15.4. The molecule has 3 rings (SSSR count). The summed E-state index contributed by atoms with van der Waals surface area (Å²) in [7, 11) is 1.63. The number of ketones is 1. The maximum Gasteiger partial charge on any atom is 0.197 e. The number of nitrogens with one attached hydrogen (secondary N) is 1. The number of carbonyl (C=O) groups excluding carboxylic acids is 1. The molecule has 1 aromatic rings. The molecule has 1 unspecified atom stereocenters. The van der Waals surface area contributed by atoms with Crippen molar-refractivity contribution in [1.29, 1.82) is 5.41 Å². The van der Waals surface area contributed by atoms with Crippen LogP contribution in [0, 0.1) is 11.3 Å². The SMILES string of the molecule is CC.CCOC1=C(OCC)/C(F)=C(\C)C(=N)N(CC(=O)c2cc(N3CC(O)[C@@H](CC)C3)c(OC)c(C(C)(C)C)c2)C\C=C\1. The van der Waals surface area contributed by atoms with E-state index >= 15 is 4.39 Å². The van der Waals surface area contributed by atoms with Crippen LogP contribution in [-0.4, -0.2) is 74.2 Å². The first-order chi connectivity index (χ1) is 20.4. The van der Waals surface area contributed by atoms with Crippen LogP contribution in [0.1, 0.15) is 84.7 Å². The van der Waals surface area contributed by atoms with E-state index in [4.69, 9.17) is 19.6 Å². The van der Waals surface area contributed by atoms with E-state index in [1.807, 2.05) is 26.0 Å². The smallest absolute Gasteiger partial charge is 0.197 e. The van der Waals surface area contributed by atoms with Gasteiger partial charge in [0.25, 0.3) is 0 Å². The second kappa shape index (κ2) is 15.9. The molecule has 2 aliphatic heterocycles. The van der Waals surface area contributed by atoms with Crippen molar-refractivity contribution in [3.05, 3.63) is 58.3 Å². The van der Waals surface area contributed by atoms with Crippen molar-refractivity contribution in [2.75, 3.05) is 51.4 Å². The van der Waals surface area contributed by atoms with Crippen molar-refractivity contribution in [1.82, 2.24) is 4.90 Å². The summed E-state index contributed by atoms with van der Waals surface area (Å²) in [6, 6.07) is 3.68. The molecule has 9 heteroatoms. The van der Waals surface area contributed by atoms with Gasteiger partial charge in [-0.3, -0.25) is 10.2 Å². The monoisotopic (exact) mass is 601 g/mol. The summed E-state index contributed by atoms with van der Waals surface area (Å²) in [6.45, 7) is 19.1. The first-order valence-corrected chi connectivity index (χ1v) is 15.4. The number of methoxy groups -OCH3 is 1. The zero-order valence-corrected chi connectivity index (χ0v) is 27.8. The topological polar surface area (TPSA) is 95.3 Å². The molecule has 0 amide bonds. The Balaban J connectivity index is 0.00000316. The molecular weight excluding hydrogens is 549 g/mol. The van der Waals surface area contributed by atoms with Crippen LogP contribution in [-0.2, 0) is 14.9 Å². The number of allylic oxidation sites excluding steroid dienone is 2. The second-order valence-corrected chi connectivity index (χ2v) is 11.5. The molecule has 0 bridgehead atoms. The molecule has 2 atom stereocenters.